The number of halogens is 1. The van der Waals surface area contributed by atoms with Crippen LogP contribution in [0.25, 0.3) is 0 Å². The van der Waals surface area contributed by atoms with E-state index in [0.29, 0.717) is 27.8 Å². The molecule has 1 saturated heterocycles. The van der Waals surface area contributed by atoms with Gasteiger partial charge in [0.15, 0.2) is 11.9 Å². The van der Waals surface area contributed by atoms with Crippen LogP contribution >= 0.6 is 11.6 Å². The molecule has 156 valence electrons. The molecule has 1 amide bonds. The maximum Gasteiger partial charge on any atom is 0.417 e. The lowest BCUT2D eigenvalue weighted by Gasteiger charge is -2.37. The normalized spacial score (nSPS) is 21.0. The summed E-state index contributed by atoms with van der Waals surface area (Å²) < 4.78 is 11.1. The van der Waals surface area contributed by atoms with Crippen molar-refractivity contribution in [2.75, 3.05) is 18.6 Å². The van der Waals surface area contributed by atoms with Crippen molar-refractivity contribution < 1.29 is 19.4 Å². The number of hydrogen-bond donors (Lipinski definition) is 1. The number of hydrogen-bond acceptors (Lipinski definition) is 7. The number of anilines is 1. The fourth-order valence-electron chi connectivity index (χ4n) is 3.67. The van der Waals surface area contributed by atoms with Gasteiger partial charge in [-0.05, 0) is 48.5 Å². The van der Waals surface area contributed by atoms with Crippen LogP contribution in [0.5, 0.6) is 5.75 Å². The second kappa shape index (κ2) is 7.92. The van der Waals surface area contributed by atoms with E-state index in [1.54, 1.807) is 50.4 Å². The third-order valence-electron chi connectivity index (χ3n) is 5.04. The molecule has 30 heavy (non-hydrogen) atoms. The first-order chi connectivity index (χ1) is 14.5. The van der Waals surface area contributed by atoms with Crippen LogP contribution in [0.15, 0.2) is 48.5 Å². The van der Waals surface area contributed by atoms with Gasteiger partial charge >= 0.3 is 6.09 Å². The van der Waals surface area contributed by atoms with Gasteiger partial charge in [-0.15, -0.1) is 15.0 Å². The molecule has 2 atom stereocenters. The molecule has 1 fully saturated rings. The van der Waals surface area contributed by atoms with Gasteiger partial charge in [-0.1, -0.05) is 23.7 Å². The Balaban J connectivity index is 1.98. The molecule has 0 spiro atoms. The van der Waals surface area contributed by atoms with Gasteiger partial charge in [-0.25, -0.2) is 9.69 Å². The first-order valence-corrected chi connectivity index (χ1v) is 9.69. The summed E-state index contributed by atoms with van der Waals surface area (Å²) in [5.41, 5.74) is -0.0548. The van der Waals surface area contributed by atoms with Gasteiger partial charge < -0.3 is 14.6 Å². The molecule has 0 aliphatic carbocycles. The van der Waals surface area contributed by atoms with Crippen LogP contribution in [0.3, 0.4) is 0 Å². The molecule has 9 nitrogen and oxygen atoms in total. The van der Waals surface area contributed by atoms with Crippen LogP contribution in [0, 0.1) is 0 Å². The maximum atomic E-state index is 13.0. The van der Waals surface area contributed by atoms with Gasteiger partial charge in [0, 0.05) is 17.0 Å². The number of carbonyl (C=O) groups excluding carboxylic acids is 1. The zero-order chi connectivity index (χ0) is 21.3. The summed E-state index contributed by atoms with van der Waals surface area (Å²) in [5, 5.41) is 22.5. The van der Waals surface area contributed by atoms with Crippen molar-refractivity contribution in [3.63, 3.8) is 0 Å². The monoisotopic (exact) mass is 429 g/mol. The number of cyclic esters (lactones) is 1. The fraction of sp³-hybridized carbons (Fsp3) is 0.300. The van der Waals surface area contributed by atoms with Crippen molar-refractivity contribution in [2.45, 2.75) is 25.1 Å². The van der Waals surface area contributed by atoms with Crippen LogP contribution in [0.2, 0.25) is 5.02 Å². The quantitative estimate of drug-likeness (QED) is 0.642. The minimum absolute atomic E-state index is 0.121. The zero-order valence-corrected chi connectivity index (χ0v) is 17.2. The van der Waals surface area contributed by atoms with E-state index in [0.717, 1.165) is 0 Å². The number of nitrogens with zero attached hydrogens (tertiary/aromatic N) is 5. The number of methoxy groups -OCH3 is 1. The average molecular weight is 430 g/mol. The molecule has 3 aromatic rings. The number of aliphatic hydroxyl groups excluding tert-OH is 1. The van der Waals surface area contributed by atoms with E-state index in [1.165, 1.54) is 9.70 Å². The van der Waals surface area contributed by atoms with Gasteiger partial charge in [0.05, 0.1) is 19.4 Å². The molecule has 0 saturated carbocycles. The Morgan fingerprint density at radius 2 is 2.03 bits per heavy atom. The number of amides is 1. The lowest BCUT2D eigenvalue weighted by atomic mass is 9.93. The second-order valence-corrected chi connectivity index (χ2v) is 7.20. The van der Waals surface area contributed by atoms with Gasteiger partial charge in [0.2, 0.25) is 5.66 Å². The van der Waals surface area contributed by atoms with E-state index in [4.69, 9.17) is 21.1 Å². The highest BCUT2D eigenvalue weighted by Crippen LogP contribution is 2.44. The Morgan fingerprint density at radius 1 is 1.27 bits per heavy atom. The Kier molecular flexibility index (Phi) is 5.31. The summed E-state index contributed by atoms with van der Waals surface area (Å²) in [4.78, 5) is 15.9. The van der Waals surface area contributed by atoms with E-state index in [1.807, 2.05) is 12.1 Å². The molecule has 0 radical (unpaired) electrons. The molecule has 1 aliphatic heterocycles. The van der Waals surface area contributed by atoms with Crippen molar-refractivity contribution >= 4 is 23.4 Å². The SMILES string of the molecule is COc1cccc([C@]2(n3nnc(CCO)n3)[C@H](C)OC(=O)N2c2ccc(Cl)cc2)c1. The number of aromatic nitrogens is 4. The van der Waals surface area contributed by atoms with Gasteiger partial charge in [-0.3, -0.25) is 0 Å². The minimum atomic E-state index is -1.28. The Hall–Kier alpha value is -3.17. The summed E-state index contributed by atoms with van der Waals surface area (Å²) in [6, 6.07) is 14.1. The first kappa shape index (κ1) is 20.1. The highest BCUT2D eigenvalue weighted by molar-refractivity contribution is 6.30. The summed E-state index contributed by atoms with van der Waals surface area (Å²) in [5.74, 6) is 0.951. The van der Waals surface area contributed by atoms with Crippen molar-refractivity contribution in [3.05, 3.63) is 64.9 Å². The predicted molar refractivity (Wildman–Crippen MR) is 109 cm³/mol. The summed E-state index contributed by atoms with van der Waals surface area (Å²) in [6.45, 7) is 1.64. The third-order valence-corrected chi connectivity index (χ3v) is 5.29. The Morgan fingerprint density at radius 3 is 2.73 bits per heavy atom. The molecule has 2 aromatic carbocycles. The molecule has 10 heteroatoms. The van der Waals surface area contributed by atoms with Crippen LogP contribution in [-0.4, -0.2) is 51.2 Å². The number of benzene rings is 2. The van der Waals surface area contributed by atoms with Gasteiger partial charge in [-0.2, -0.15) is 0 Å². The van der Waals surface area contributed by atoms with Crippen molar-refractivity contribution in [1.82, 2.24) is 20.2 Å². The van der Waals surface area contributed by atoms with Crippen LogP contribution in [-0.2, 0) is 16.8 Å². The zero-order valence-electron chi connectivity index (χ0n) is 16.4. The largest absolute Gasteiger partial charge is 0.497 e. The average Bonchev–Trinajstić information content (AvgIpc) is 3.31. The van der Waals surface area contributed by atoms with Crippen molar-refractivity contribution in [3.8, 4) is 5.75 Å². The molecule has 1 aliphatic rings. The lowest BCUT2D eigenvalue weighted by molar-refractivity contribution is 0.0970. The van der Waals surface area contributed by atoms with Crippen molar-refractivity contribution in [1.29, 1.82) is 0 Å². The molecule has 1 N–H and O–H groups in total. The number of carbonyl (C=O) groups is 1. The van der Waals surface area contributed by atoms with Crippen LogP contribution in [0.4, 0.5) is 10.5 Å². The van der Waals surface area contributed by atoms with Crippen LogP contribution < -0.4 is 9.64 Å². The molecular weight excluding hydrogens is 410 g/mol. The van der Waals surface area contributed by atoms with E-state index in [9.17, 15) is 9.90 Å². The standard InChI is InChI=1S/C20H20ClN5O4/c1-13-20(14-4-3-5-17(12-14)29-2,26-23-18(10-11-27)22-24-26)25(19(28)30-13)16-8-6-15(21)7-9-16/h3-9,12-13,27H,10-11H2,1-2H3/t13-,20+/m0/s1. The Bertz CT molecular complexity index is 1060. The van der Waals surface area contributed by atoms with E-state index >= 15 is 0 Å². The fourth-order valence-corrected chi connectivity index (χ4v) is 3.80. The third kappa shape index (κ3) is 3.16. The first-order valence-electron chi connectivity index (χ1n) is 9.32. The predicted octanol–water partition coefficient (Wildman–Crippen LogP) is 2.62. The summed E-state index contributed by atoms with van der Waals surface area (Å²) in [6.07, 6.45) is -1.00. The lowest BCUT2D eigenvalue weighted by Crippen LogP contribution is -2.55. The second-order valence-electron chi connectivity index (χ2n) is 6.76. The molecule has 0 bridgehead atoms. The molecule has 1 aromatic heterocycles. The maximum absolute atomic E-state index is 13.0. The highest BCUT2D eigenvalue weighted by atomic mass is 35.5. The number of rotatable bonds is 6. The molecule has 2 heterocycles. The number of tetrazole rings is 1. The van der Waals surface area contributed by atoms with E-state index < -0.39 is 17.9 Å². The number of aliphatic hydroxyl groups is 1. The minimum Gasteiger partial charge on any atom is -0.497 e. The van der Waals surface area contributed by atoms with E-state index in [2.05, 4.69) is 15.4 Å². The molecule has 4 rings (SSSR count). The van der Waals surface area contributed by atoms with Crippen molar-refractivity contribution in [2.24, 2.45) is 0 Å². The molecular formula is C20H20ClN5O4. The van der Waals surface area contributed by atoms with E-state index in [-0.39, 0.29) is 13.0 Å². The topological polar surface area (TPSA) is 103 Å². The summed E-state index contributed by atoms with van der Waals surface area (Å²) in [7, 11) is 1.57. The molecule has 0 unspecified atom stereocenters. The summed E-state index contributed by atoms with van der Waals surface area (Å²) >= 11 is 6.05. The highest BCUT2D eigenvalue weighted by Gasteiger charge is 2.59. The number of ether oxygens (including phenoxy) is 2. The van der Waals surface area contributed by atoms with Gasteiger partial charge in [0.1, 0.15) is 5.75 Å². The Labute approximate surface area is 177 Å². The van der Waals surface area contributed by atoms with Gasteiger partial charge in [0.25, 0.3) is 0 Å². The smallest absolute Gasteiger partial charge is 0.417 e. The van der Waals surface area contributed by atoms with Crippen LogP contribution in [0.1, 0.15) is 18.3 Å².